The van der Waals surface area contributed by atoms with Gasteiger partial charge >= 0.3 is 0 Å². The molecule has 5 nitrogen and oxygen atoms in total. The van der Waals surface area contributed by atoms with Gasteiger partial charge in [-0.25, -0.2) is 9.97 Å². The van der Waals surface area contributed by atoms with E-state index in [1.165, 1.54) is 12.8 Å². The molecule has 0 atom stereocenters. The maximum atomic E-state index is 5.94. The first-order valence-electron chi connectivity index (χ1n) is 5.83. The fourth-order valence-corrected chi connectivity index (χ4v) is 2.20. The molecule has 18 heavy (non-hydrogen) atoms. The van der Waals surface area contributed by atoms with Crippen molar-refractivity contribution in [2.45, 2.75) is 18.9 Å². The first kappa shape index (κ1) is 10.2. The van der Waals surface area contributed by atoms with E-state index in [4.69, 9.17) is 21.1 Å². The van der Waals surface area contributed by atoms with Gasteiger partial charge in [-0.15, -0.1) is 0 Å². The molecule has 1 aromatic heterocycles. The molecule has 0 radical (unpaired) electrons. The molecule has 1 saturated carbocycles. The second kappa shape index (κ2) is 3.62. The number of nitrogens with zero attached hydrogens (tertiary/aromatic N) is 2. The average molecular weight is 264 g/mol. The van der Waals surface area contributed by atoms with Crippen molar-refractivity contribution in [2.75, 3.05) is 12.1 Å². The van der Waals surface area contributed by atoms with Gasteiger partial charge in [-0.3, -0.25) is 0 Å². The number of hydrogen-bond donors (Lipinski definition) is 1. The Balaban J connectivity index is 1.92. The zero-order valence-electron chi connectivity index (χ0n) is 9.44. The Morgan fingerprint density at radius 3 is 2.72 bits per heavy atom. The summed E-state index contributed by atoms with van der Waals surface area (Å²) in [7, 11) is 0. The summed E-state index contributed by atoms with van der Waals surface area (Å²) in [5, 5.41) is 4.51. The third-order valence-electron chi connectivity index (χ3n) is 3.08. The van der Waals surface area contributed by atoms with Crippen molar-refractivity contribution in [3.63, 3.8) is 0 Å². The third-order valence-corrected chi connectivity index (χ3v) is 3.25. The molecule has 1 fully saturated rings. The highest BCUT2D eigenvalue weighted by molar-refractivity contribution is 6.28. The Hall–Kier alpha value is -1.75. The lowest BCUT2D eigenvalue weighted by molar-refractivity contribution is 0.174. The summed E-state index contributed by atoms with van der Waals surface area (Å²) in [5.74, 6) is 2.20. The van der Waals surface area contributed by atoms with Gasteiger partial charge in [0.2, 0.25) is 12.1 Å². The monoisotopic (exact) mass is 263 g/mol. The molecule has 4 rings (SSSR count). The molecule has 2 heterocycles. The van der Waals surface area contributed by atoms with Gasteiger partial charge in [-0.05, 0) is 30.5 Å². The molecule has 0 spiro atoms. The number of aromatic nitrogens is 2. The summed E-state index contributed by atoms with van der Waals surface area (Å²) < 4.78 is 10.7. The van der Waals surface area contributed by atoms with Crippen LogP contribution in [-0.2, 0) is 0 Å². The molecule has 1 aromatic carbocycles. The molecule has 1 aliphatic carbocycles. The Bertz CT molecular complexity index is 643. The van der Waals surface area contributed by atoms with Gasteiger partial charge in [-0.2, -0.15) is 0 Å². The van der Waals surface area contributed by atoms with Crippen LogP contribution in [0.4, 0.5) is 5.82 Å². The Morgan fingerprint density at radius 2 is 1.94 bits per heavy atom. The lowest BCUT2D eigenvalue weighted by atomic mass is 10.2. The maximum absolute atomic E-state index is 5.94. The summed E-state index contributed by atoms with van der Waals surface area (Å²) in [4.78, 5) is 8.47. The number of nitrogens with one attached hydrogen (secondary N) is 1. The standard InChI is InChI=1S/C12H10ClN3O2/c13-12-15-8-4-10-9(17-5-18-10)3-7(8)11(16-12)14-6-1-2-6/h3-4,6H,1-2,5H2,(H,14,15,16). The molecule has 6 heteroatoms. The number of anilines is 1. The third kappa shape index (κ3) is 1.62. The highest BCUT2D eigenvalue weighted by Crippen LogP contribution is 2.38. The quantitative estimate of drug-likeness (QED) is 0.844. The summed E-state index contributed by atoms with van der Waals surface area (Å²) in [6, 6.07) is 4.24. The highest BCUT2D eigenvalue weighted by Gasteiger charge is 2.24. The molecular weight excluding hydrogens is 254 g/mol. The molecule has 1 aliphatic heterocycles. The zero-order valence-corrected chi connectivity index (χ0v) is 10.2. The normalized spacial score (nSPS) is 17.2. The maximum Gasteiger partial charge on any atom is 0.231 e. The molecular formula is C12H10ClN3O2. The van der Waals surface area contributed by atoms with Crippen molar-refractivity contribution < 1.29 is 9.47 Å². The first-order valence-corrected chi connectivity index (χ1v) is 6.21. The van der Waals surface area contributed by atoms with Gasteiger partial charge in [-0.1, -0.05) is 0 Å². The predicted octanol–water partition coefficient (Wildman–Crippen LogP) is 2.59. The van der Waals surface area contributed by atoms with E-state index >= 15 is 0 Å². The number of ether oxygens (including phenoxy) is 2. The number of fused-ring (bicyclic) bond motifs is 2. The van der Waals surface area contributed by atoms with Crippen molar-refractivity contribution in [3.8, 4) is 11.5 Å². The van der Waals surface area contributed by atoms with Crippen molar-refractivity contribution >= 4 is 28.3 Å². The molecule has 0 unspecified atom stereocenters. The lowest BCUT2D eigenvalue weighted by Gasteiger charge is -2.08. The fraction of sp³-hybridized carbons (Fsp3) is 0.333. The first-order chi connectivity index (χ1) is 8.79. The summed E-state index contributed by atoms with van der Waals surface area (Å²) in [5.41, 5.74) is 0.766. The van der Waals surface area contributed by atoms with E-state index in [1.54, 1.807) is 0 Å². The Morgan fingerprint density at radius 1 is 1.17 bits per heavy atom. The number of benzene rings is 1. The van der Waals surface area contributed by atoms with Gasteiger partial charge in [0.25, 0.3) is 0 Å². The molecule has 2 aromatic rings. The average Bonchev–Trinajstić information content (AvgIpc) is 3.04. The highest BCUT2D eigenvalue weighted by atomic mass is 35.5. The van der Waals surface area contributed by atoms with E-state index in [9.17, 15) is 0 Å². The zero-order chi connectivity index (χ0) is 12.1. The van der Waals surface area contributed by atoms with Gasteiger partial charge in [0.15, 0.2) is 11.5 Å². The van der Waals surface area contributed by atoms with Gasteiger partial charge < -0.3 is 14.8 Å². The van der Waals surface area contributed by atoms with Crippen molar-refractivity contribution in [2.24, 2.45) is 0 Å². The van der Waals surface area contributed by atoms with Gasteiger partial charge in [0, 0.05) is 17.5 Å². The summed E-state index contributed by atoms with van der Waals surface area (Å²) in [6.45, 7) is 0.248. The number of halogens is 1. The second-order valence-electron chi connectivity index (χ2n) is 4.48. The van der Waals surface area contributed by atoms with E-state index in [0.29, 0.717) is 11.8 Å². The van der Waals surface area contributed by atoms with Crippen LogP contribution in [0.3, 0.4) is 0 Å². The van der Waals surface area contributed by atoms with Crippen LogP contribution in [0.1, 0.15) is 12.8 Å². The van der Waals surface area contributed by atoms with Crippen LogP contribution in [0, 0.1) is 0 Å². The van der Waals surface area contributed by atoms with Gasteiger partial charge in [0.1, 0.15) is 5.82 Å². The van der Waals surface area contributed by atoms with Crippen molar-refractivity contribution in [1.29, 1.82) is 0 Å². The van der Waals surface area contributed by atoms with Crippen LogP contribution in [0.2, 0.25) is 5.28 Å². The molecule has 92 valence electrons. The fourth-order valence-electron chi connectivity index (χ4n) is 2.02. The molecule has 1 N–H and O–H groups in total. The Labute approximate surface area is 108 Å². The smallest absolute Gasteiger partial charge is 0.231 e. The van der Waals surface area contributed by atoms with Crippen molar-refractivity contribution in [1.82, 2.24) is 9.97 Å². The van der Waals surface area contributed by atoms with Crippen LogP contribution in [0.15, 0.2) is 12.1 Å². The SMILES string of the molecule is Clc1nc(NC2CC2)c2cc3c(cc2n1)OCO3. The van der Waals surface area contributed by atoms with Crippen LogP contribution < -0.4 is 14.8 Å². The van der Waals surface area contributed by atoms with Crippen LogP contribution in [0.5, 0.6) is 11.5 Å². The van der Waals surface area contributed by atoms with E-state index in [0.717, 1.165) is 22.5 Å². The van der Waals surface area contributed by atoms with E-state index in [2.05, 4.69) is 15.3 Å². The van der Waals surface area contributed by atoms with E-state index in [1.807, 2.05) is 12.1 Å². The van der Waals surface area contributed by atoms with Gasteiger partial charge in [0.05, 0.1) is 5.52 Å². The predicted molar refractivity (Wildman–Crippen MR) is 67.3 cm³/mol. The minimum absolute atomic E-state index is 0.240. The van der Waals surface area contributed by atoms with Crippen LogP contribution in [0.25, 0.3) is 10.9 Å². The Kier molecular flexibility index (Phi) is 2.05. The molecule has 0 bridgehead atoms. The van der Waals surface area contributed by atoms with E-state index in [-0.39, 0.29) is 12.1 Å². The van der Waals surface area contributed by atoms with E-state index < -0.39 is 0 Å². The van der Waals surface area contributed by atoms with Crippen LogP contribution >= 0.6 is 11.6 Å². The minimum atomic E-state index is 0.240. The molecule has 0 amide bonds. The molecule has 0 saturated heterocycles. The summed E-state index contributed by atoms with van der Waals surface area (Å²) in [6.07, 6.45) is 2.35. The lowest BCUT2D eigenvalue weighted by Crippen LogP contribution is -2.04. The molecule has 2 aliphatic rings. The minimum Gasteiger partial charge on any atom is -0.454 e. The number of rotatable bonds is 2. The topological polar surface area (TPSA) is 56.3 Å². The van der Waals surface area contributed by atoms with Crippen LogP contribution in [-0.4, -0.2) is 22.8 Å². The second-order valence-corrected chi connectivity index (χ2v) is 4.82. The van der Waals surface area contributed by atoms with Crippen molar-refractivity contribution in [3.05, 3.63) is 17.4 Å². The largest absolute Gasteiger partial charge is 0.454 e. The number of hydrogen-bond acceptors (Lipinski definition) is 5. The summed E-state index contributed by atoms with van der Waals surface area (Å²) >= 11 is 5.94.